The topological polar surface area (TPSA) is 52.6 Å². The maximum Gasteiger partial charge on any atom is 0.346 e. The molecule has 0 radical (unpaired) electrons. The number of benzene rings is 2. The fourth-order valence-electron chi connectivity index (χ4n) is 3.41. The van der Waals surface area contributed by atoms with E-state index in [9.17, 15) is 9.59 Å². The molecule has 0 aliphatic rings. The van der Waals surface area contributed by atoms with Crippen LogP contribution in [0.25, 0.3) is 6.08 Å². The first kappa shape index (κ1) is 26.9. The molecule has 33 heavy (non-hydrogen) atoms. The molecule has 178 valence electrons. The quantitative estimate of drug-likeness (QED) is 0.176. The number of carbonyl (C=O) groups is 2. The first-order valence-corrected chi connectivity index (χ1v) is 11.8. The normalized spacial score (nSPS) is 12.1. The lowest BCUT2D eigenvalue weighted by atomic mass is 9.93. The molecule has 0 aromatic heterocycles. The lowest BCUT2D eigenvalue weighted by molar-refractivity contribution is -0.154. The minimum atomic E-state index is -0.766. The monoisotopic (exact) mass is 490 g/mol. The SMILES string of the molecule is CCOC(=O)/C(=C\c1cc(Cl)c(Cc2ccc(C)c(C(C)C)c2)c(Cl)c1)C(=O)OC(C)(C)C. The molecule has 0 fully saturated rings. The van der Waals surface area contributed by atoms with E-state index in [1.807, 2.05) is 0 Å². The zero-order chi connectivity index (χ0) is 24.9. The summed E-state index contributed by atoms with van der Waals surface area (Å²) in [6.45, 7) is 13.4. The zero-order valence-corrected chi connectivity index (χ0v) is 21.9. The Balaban J connectivity index is 2.42. The molecule has 0 unspecified atom stereocenters. The molecule has 0 atom stereocenters. The highest BCUT2D eigenvalue weighted by Gasteiger charge is 2.26. The van der Waals surface area contributed by atoms with Crippen molar-refractivity contribution in [2.45, 2.75) is 66.4 Å². The molecule has 0 saturated heterocycles. The van der Waals surface area contributed by atoms with Crippen LogP contribution in [0, 0.1) is 6.92 Å². The molecule has 4 nitrogen and oxygen atoms in total. The molecule has 0 saturated carbocycles. The van der Waals surface area contributed by atoms with Gasteiger partial charge in [-0.1, -0.05) is 55.2 Å². The van der Waals surface area contributed by atoms with Gasteiger partial charge in [0.2, 0.25) is 0 Å². The Bertz CT molecular complexity index is 1040. The summed E-state index contributed by atoms with van der Waals surface area (Å²) in [6.07, 6.45) is 1.97. The lowest BCUT2D eigenvalue weighted by Crippen LogP contribution is -2.28. The molecule has 6 heteroatoms. The van der Waals surface area contributed by atoms with Crippen molar-refractivity contribution in [3.05, 3.63) is 73.8 Å². The van der Waals surface area contributed by atoms with E-state index < -0.39 is 17.5 Å². The highest BCUT2D eigenvalue weighted by atomic mass is 35.5. The van der Waals surface area contributed by atoms with Gasteiger partial charge in [-0.15, -0.1) is 0 Å². The highest BCUT2D eigenvalue weighted by Crippen LogP contribution is 2.31. The standard InChI is InChI=1S/C27H32Cl2O4/c1-8-32-25(30)22(26(31)33-27(5,6)7)13-19-14-23(28)21(24(29)15-19)12-18-10-9-17(4)20(11-18)16(2)3/h9-11,13-16H,8,12H2,1-7H3/b22-13+. The van der Waals surface area contributed by atoms with E-state index in [2.05, 4.69) is 39.0 Å². The van der Waals surface area contributed by atoms with Crippen molar-refractivity contribution < 1.29 is 19.1 Å². The van der Waals surface area contributed by atoms with Crippen LogP contribution in [0.5, 0.6) is 0 Å². The third-order valence-electron chi connectivity index (χ3n) is 4.94. The Hall–Kier alpha value is -2.30. The molecular formula is C27H32Cl2O4. The molecule has 0 N–H and O–H groups in total. The van der Waals surface area contributed by atoms with Gasteiger partial charge in [-0.3, -0.25) is 0 Å². The third-order valence-corrected chi connectivity index (χ3v) is 5.61. The van der Waals surface area contributed by atoms with Crippen LogP contribution in [0.3, 0.4) is 0 Å². The van der Waals surface area contributed by atoms with E-state index >= 15 is 0 Å². The van der Waals surface area contributed by atoms with Crippen LogP contribution in [-0.2, 0) is 25.5 Å². The Morgan fingerprint density at radius 2 is 1.64 bits per heavy atom. The predicted octanol–water partition coefficient (Wildman–Crippen LogP) is 7.30. The van der Waals surface area contributed by atoms with Crippen molar-refractivity contribution in [2.75, 3.05) is 6.61 Å². The zero-order valence-electron chi connectivity index (χ0n) is 20.3. The first-order valence-electron chi connectivity index (χ1n) is 11.0. The van der Waals surface area contributed by atoms with E-state index in [1.165, 1.54) is 17.2 Å². The fourth-order valence-corrected chi connectivity index (χ4v) is 4.05. The number of halogens is 2. The van der Waals surface area contributed by atoms with Gasteiger partial charge in [0.05, 0.1) is 6.61 Å². The second-order valence-electron chi connectivity index (χ2n) is 9.27. The van der Waals surface area contributed by atoms with E-state index in [-0.39, 0.29) is 12.2 Å². The van der Waals surface area contributed by atoms with Crippen LogP contribution < -0.4 is 0 Å². The Labute approximate surface area is 206 Å². The van der Waals surface area contributed by atoms with Crippen LogP contribution in [0.1, 0.15) is 75.3 Å². The van der Waals surface area contributed by atoms with Crippen LogP contribution in [0.4, 0.5) is 0 Å². The third kappa shape index (κ3) is 7.62. The van der Waals surface area contributed by atoms with Crippen LogP contribution >= 0.6 is 23.2 Å². The first-order chi connectivity index (χ1) is 15.3. The molecule has 0 spiro atoms. The second-order valence-corrected chi connectivity index (χ2v) is 10.1. The van der Waals surface area contributed by atoms with Gasteiger partial charge >= 0.3 is 11.9 Å². The van der Waals surface area contributed by atoms with Crippen molar-refractivity contribution in [1.82, 2.24) is 0 Å². The maximum absolute atomic E-state index is 12.6. The minimum absolute atomic E-state index is 0.133. The number of esters is 2. The van der Waals surface area contributed by atoms with Gasteiger partial charge in [-0.25, -0.2) is 9.59 Å². The van der Waals surface area contributed by atoms with Gasteiger partial charge in [-0.2, -0.15) is 0 Å². The van der Waals surface area contributed by atoms with Crippen LogP contribution in [0.2, 0.25) is 10.0 Å². The molecule has 0 aliphatic heterocycles. The van der Waals surface area contributed by atoms with Gasteiger partial charge < -0.3 is 9.47 Å². The number of ether oxygens (including phenoxy) is 2. The van der Waals surface area contributed by atoms with Crippen molar-refractivity contribution in [3.63, 3.8) is 0 Å². The molecule has 2 aromatic rings. The molecule has 2 rings (SSSR count). The predicted molar refractivity (Wildman–Crippen MR) is 135 cm³/mol. The second kappa shape index (κ2) is 11.2. The van der Waals surface area contributed by atoms with E-state index in [1.54, 1.807) is 39.8 Å². The fraction of sp³-hybridized carbons (Fsp3) is 0.407. The summed E-state index contributed by atoms with van der Waals surface area (Å²) >= 11 is 13.2. The smallest absolute Gasteiger partial charge is 0.346 e. The summed E-state index contributed by atoms with van der Waals surface area (Å²) in [6, 6.07) is 9.73. The largest absolute Gasteiger partial charge is 0.462 e. The molecule has 2 aromatic carbocycles. The van der Waals surface area contributed by atoms with Crippen molar-refractivity contribution in [2.24, 2.45) is 0 Å². The lowest BCUT2D eigenvalue weighted by Gasteiger charge is -2.20. The Morgan fingerprint density at radius 3 is 2.15 bits per heavy atom. The summed E-state index contributed by atoms with van der Waals surface area (Å²) in [4.78, 5) is 25.0. The Morgan fingerprint density at radius 1 is 1.03 bits per heavy atom. The summed E-state index contributed by atoms with van der Waals surface area (Å²) in [5.74, 6) is -1.11. The van der Waals surface area contributed by atoms with Gasteiger partial charge in [0.25, 0.3) is 0 Å². The molecule has 0 amide bonds. The molecular weight excluding hydrogens is 459 g/mol. The van der Waals surface area contributed by atoms with Gasteiger partial charge in [0.15, 0.2) is 0 Å². The van der Waals surface area contributed by atoms with Gasteiger partial charge in [-0.05, 0) is 86.6 Å². The van der Waals surface area contributed by atoms with E-state index in [0.717, 1.165) is 11.1 Å². The summed E-state index contributed by atoms with van der Waals surface area (Å²) in [5.41, 5.74) is 3.96. The van der Waals surface area contributed by atoms with Crippen LogP contribution in [0.15, 0.2) is 35.9 Å². The maximum atomic E-state index is 12.6. The number of carbonyl (C=O) groups excluding carboxylic acids is 2. The number of hydrogen-bond donors (Lipinski definition) is 0. The van der Waals surface area contributed by atoms with E-state index in [0.29, 0.717) is 27.9 Å². The van der Waals surface area contributed by atoms with Crippen molar-refractivity contribution in [3.8, 4) is 0 Å². The van der Waals surface area contributed by atoms with Crippen molar-refractivity contribution in [1.29, 1.82) is 0 Å². The molecule has 0 bridgehead atoms. The summed E-state index contributed by atoms with van der Waals surface area (Å²) in [5, 5.41) is 0.903. The average Bonchev–Trinajstić information content (AvgIpc) is 2.68. The number of aryl methyl sites for hydroxylation is 1. The molecule has 0 aliphatic carbocycles. The molecule has 0 heterocycles. The van der Waals surface area contributed by atoms with E-state index in [4.69, 9.17) is 32.7 Å². The minimum Gasteiger partial charge on any atom is -0.462 e. The van der Waals surface area contributed by atoms with Crippen molar-refractivity contribution >= 4 is 41.2 Å². The van der Waals surface area contributed by atoms with Crippen LogP contribution in [-0.4, -0.2) is 24.1 Å². The Kier molecular flexibility index (Phi) is 9.16. The van der Waals surface area contributed by atoms with Gasteiger partial charge in [0.1, 0.15) is 11.2 Å². The number of hydrogen-bond acceptors (Lipinski definition) is 4. The van der Waals surface area contributed by atoms with Gasteiger partial charge in [0, 0.05) is 16.5 Å². The summed E-state index contributed by atoms with van der Waals surface area (Å²) < 4.78 is 10.4. The number of rotatable bonds is 7. The highest BCUT2D eigenvalue weighted by molar-refractivity contribution is 6.36. The summed E-state index contributed by atoms with van der Waals surface area (Å²) in [7, 11) is 0. The average molecular weight is 491 g/mol.